The molecule has 0 bridgehead atoms. The molecule has 3 aromatic rings. The summed E-state index contributed by atoms with van der Waals surface area (Å²) in [6.07, 6.45) is 4.11. The molecule has 438 valence electrons. The van der Waals surface area contributed by atoms with Gasteiger partial charge in [-0.1, -0.05) is 71.4 Å². The van der Waals surface area contributed by atoms with Crippen LogP contribution in [0.4, 0.5) is 8.78 Å². The van der Waals surface area contributed by atoms with Gasteiger partial charge in [0.25, 0.3) is 0 Å². The third kappa shape index (κ3) is 21.3. The van der Waals surface area contributed by atoms with Gasteiger partial charge in [-0.3, -0.25) is 33.6 Å². The lowest BCUT2D eigenvalue weighted by Crippen LogP contribution is -2.57. The van der Waals surface area contributed by atoms with Crippen molar-refractivity contribution in [3.05, 3.63) is 83.7 Å². The number of nitrogens with one attached hydrogen (secondary N) is 4. The molecule has 1 aliphatic rings. The number of unbranched alkanes of at least 4 members (excludes halogenated alkanes) is 1. The van der Waals surface area contributed by atoms with Gasteiger partial charge < -0.3 is 72.2 Å². The van der Waals surface area contributed by atoms with Crippen molar-refractivity contribution in [3.8, 4) is 11.1 Å². The van der Waals surface area contributed by atoms with Crippen LogP contribution >= 0.6 is 0 Å². The molecule has 0 spiro atoms. The summed E-state index contributed by atoms with van der Waals surface area (Å²) in [5.74, 6) is -5.72. The van der Waals surface area contributed by atoms with Gasteiger partial charge in [-0.2, -0.15) is 0 Å². The number of halogens is 2. The molecule has 7 amide bonds. The Labute approximate surface area is 462 Å². The summed E-state index contributed by atoms with van der Waals surface area (Å²) in [4.78, 5) is 95.3. The average Bonchev–Trinajstić information content (AvgIpc) is 4.13. The van der Waals surface area contributed by atoms with Crippen LogP contribution in [0.15, 0.2) is 60.8 Å². The van der Waals surface area contributed by atoms with Gasteiger partial charge in [-0.05, 0) is 79.8 Å². The monoisotopic (exact) mass is 1110 g/mol. The Hall–Kier alpha value is -6.37. The molecule has 1 fully saturated rings. The van der Waals surface area contributed by atoms with E-state index in [1.165, 1.54) is 9.80 Å². The number of nitrogens with zero attached hydrogens (tertiary/aromatic N) is 3. The highest BCUT2D eigenvalue weighted by Crippen LogP contribution is 2.41. The minimum absolute atomic E-state index is 0.0195. The molecule has 1 aliphatic heterocycles. The van der Waals surface area contributed by atoms with Crippen molar-refractivity contribution in [2.75, 3.05) is 79.0 Å². The van der Waals surface area contributed by atoms with E-state index in [0.29, 0.717) is 43.7 Å². The minimum Gasteiger partial charge on any atom is -0.387 e. The van der Waals surface area contributed by atoms with Gasteiger partial charge in [-0.25, -0.2) is 8.78 Å². The quantitative estimate of drug-likeness (QED) is 0.0393. The highest BCUT2D eigenvalue weighted by molar-refractivity contribution is 5.96. The van der Waals surface area contributed by atoms with Gasteiger partial charge in [0.15, 0.2) is 0 Å². The Morgan fingerprint density at radius 3 is 2.16 bits per heavy atom. The summed E-state index contributed by atoms with van der Waals surface area (Å²) < 4.78 is 48.0. The first-order chi connectivity index (χ1) is 37.7. The van der Waals surface area contributed by atoms with Crippen LogP contribution < -0.4 is 38.5 Å². The van der Waals surface area contributed by atoms with Crippen molar-refractivity contribution in [1.29, 1.82) is 0 Å². The molecule has 1 aromatic heterocycles. The Morgan fingerprint density at radius 1 is 0.848 bits per heavy atom. The second-order valence-corrected chi connectivity index (χ2v) is 21.0. The van der Waals surface area contributed by atoms with Gasteiger partial charge in [-0.15, -0.1) is 0 Å². The summed E-state index contributed by atoms with van der Waals surface area (Å²) in [6.45, 7) is 11.1. The normalized spacial score (nSPS) is 15.0. The Bertz CT molecular complexity index is 2440. The lowest BCUT2D eigenvalue weighted by molar-refractivity contribution is -0.143. The van der Waals surface area contributed by atoms with E-state index in [1.807, 2.05) is 55.7 Å². The number of carbonyl (C=O) groups is 7. The van der Waals surface area contributed by atoms with Gasteiger partial charge in [0.05, 0.1) is 58.1 Å². The number of amides is 7. The predicted molar refractivity (Wildman–Crippen MR) is 292 cm³/mol. The summed E-state index contributed by atoms with van der Waals surface area (Å²) in [5.41, 5.74) is 18.1. The van der Waals surface area contributed by atoms with E-state index in [1.54, 1.807) is 26.1 Å². The Morgan fingerprint density at radius 2 is 1.52 bits per heavy atom. The lowest BCUT2D eigenvalue weighted by Gasteiger charge is -2.41. The number of aromatic nitrogens is 1. The van der Waals surface area contributed by atoms with Crippen molar-refractivity contribution in [3.63, 3.8) is 0 Å². The number of rotatable bonds is 35. The second-order valence-electron chi connectivity index (χ2n) is 21.0. The van der Waals surface area contributed by atoms with Crippen LogP contribution in [0.3, 0.4) is 0 Å². The van der Waals surface area contributed by atoms with Gasteiger partial charge in [0.2, 0.25) is 41.4 Å². The predicted octanol–water partition coefficient (Wildman–Crippen LogP) is 2.40. The highest BCUT2D eigenvalue weighted by Gasteiger charge is 2.40. The molecule has 0 saturated carbocycles. The largest absolute Gasteiger partial charge is 0.387 e. The zero-order valence-corrected chi connectivity index (χ0v) is 46.4. The molecule has 4 rings (SSSR count). The average molecular weight is 1110 g/mol. The summed E-state index contributed by atoms with van der Waals surface area (Å²) in [6, 6.07) is 9.75. The van der Waals surface area contributed by atoms with Crippen LogP contribution in [-0.2, 0) is 54.3 Å². The number of aliphatic hydroxyl groups excluding tert-OH is 1. The first kappa shape index (κ1) is 65.2. The molecular weight excluding hydrogens is 1030 g/mol. The van der Waals surface area contributed by atoms with Gasteiger partial charge >= 0.3 is 0 Å². The maximum atomic E-state index is 15.2. The van der Waals surface area contributed by atoms with E-state index in [0.717, 1.165) is 36.6 Å². The van der Waals surface area contributed by atoms with Crippen molar-refractivity contribution in [2.24, 2.45) is 28.5 Å². The molecule has 21 nitrogen and oxygen atoms in total. The second kappa shape index (κ2) is 33.3. The Balaban J connectivity index is 1.29. The third-order valence-corrected chi connectivity index (χ3v) is 13.3. The summed E-state index contributed by atoms with van der Waals surface area (Å²) in [7, 11) is 0. The van der Waals surface area contributed by atoms with E-state index in [4.69, 9.17) is 31.4 Å². The zero-order chi connectivity index (χ0) is 58.1. The molecule has 0 unspecified atom stereocenters. The SMILES string of the molecule is CC(C)[C@H](NC(=O)[C@@H]1CCCN1C(=O)[C@H](CC(N)=O)NC(=O)CCOCCOCCOCCNC(=O)[C@@H](N)CCCCN)C(=O)NCCCN(C(=O)CO)[C@@H](c1cc(-c2cc(F)ccc2F)cn1Cc1ccccc1)C(C)(C)C. The number of hydrogen-bond donors (Lipinski definition) is 8. The molecule has 5 atom stereocenters. The van der Waals surface area contributed by atoms with Crippen LogP contribution in [0.5, 0.6) is 0 Å². The van der Waals surface area contributed by atoms with Gasteiger partial charge in [0.1, 0.15) is 36.4 Å². The van der Waals surface area contributed by atoms with Crippen LogP contribution in [0.2, 0.25) is 0 Å². The molecule has 23 heteroatoms. The van der Waals surface area contributed by atoms with E-state index >= 15 is 4.39 Å². The van der Waals surface area contributed by atoms with E-state index in [-0.39, 0.29) is 90.0 Å². The lowest BCUT2D eigenvalue weighted by atomic mass is 9.83. The van der Waals surface area contributed by atoms with Crippen molar-refractivity contribution >= 4 is 41.4 Å². The number of carbonyl (C=O) groups excluding carboxylic acids is 7. The maximum absolute atomic E-state index is 15.2. The number of nitrogens with two attached hydrogens (primary N) is 3. The maximum Gasteiger partial charge on any atom is 0.248 e. The standard InChI is InChI=1S/C56H84F2N10O11/c1-37(2)50(54(75)62-21-12-24-68(49(72)36-69)51(56(3,4)5)46-31-39(41-32-40(57)17-18-42(41)58)35-66(46)34-38-13-7-6-8-14-38)65-53(74)45-16-11-23-67(45)55(76)44(33-47(61)70)64-48(71)19-25-77-27-29-79-30-28-78-26-22-63-52(73)43(60)15-9-10-20-59/h6-8,13-14,17-18,31-32,35,37,43-45,50-51,69H,9-12,15-16,19-30,33-34,36,59-60H2,1-5H3,(H2,61,70)(H,62,75)(H,63,73)(H,64,71)(H,65,74)/t43-,44-,45-,50-,51-/m0/s1. The fourth-order valence-electron chi connectivity index (χ4n) is 9.35. The first-order valence-corrected chi connectivity index (χ1v) is 27.2. The number of likely N-dealkylation sites (tertiary alicyclic amines) is 1. The smallest absolute Gasteiger partial charge is 0.248 e. The summed E-state index contributed by atoms with van der Waals surface area (Å²) >= 11 is 0. The third-order valence-electron chi connectivity index (χ3n) is 13.3. The molecule has 2 aromatic carbocycles. The zero-order valence-electron chi connectivity index (χ0n) is 46.4. The van der Waals surface area contributed by atoms with Crippen LogP contribution in [-0.4, -0.2) is 164 Å². The minimum atomic E-state index is -1.36. The van der Waals surface area contributed by atoms with Crippen molar-refractivity contribution < 1.29 is 61.7 Å². The number of aliphatic hydroxyl groups is 1. The first-order valence-electron chi connectivity index (χ1n) is 27.2. The number of primary amides is 1. The molecular formula is C56H84F2N10O11. The fourth-order valence-corrected chi connectivity index (χ4v) is 9.35. The molecule has 79 heavy (non-hydrogen) atoms. The number of hydrogen-bond acceptors (Lipinski definition) is 13. The molecule has 11 N–H and O–H groups in total. The highest BCUT2D eigenvalue weighted by atomic mass is 19.1. The Kier molecular flexibility index (Phi) is 27.4. The molecule has 1 saturated heterocycles. The van der Waals surface area contributed by atoms with E-state index in [2.05, 4.69) is 21.3 Å². The molecule has 2 heterocycles. The number of benzene rings is 2. The van der Waals surface area contributed by atoms with Crippen LogP contribution in [0.1, 0.15) is 103 Å². The van der Waals surface area contributed by atoms with Crippen molar-refractivity contribution in [1.82, 2.24) is 35.6 Å². The number of ether oxygens (including phenoxy) is 3. The molecule has 0 radical (unpaired) electrons. The van der Waals surface area contributed by atoms with E-state index in [9.17, 15) is 43.1 Å². The van der Waals surface area contributed by atoms with Gasteiger partial charge in [0, 0.05) is 62.2 Å². The molecule has 0 aliphatic carbocycles. The van der Waals surface area contributed by atoms with Crippen LogP contribution in [0, 0.1) is 23.0 Å². The van der Waals surface area contributed by atoms with Crippen LogP contribution in [0.25, 0.3) is 11.1 Å². The van der Waals surface area contributed by atoms with E-state index < -0.39 is 102 Å². The van der Waals surface area contributed by atoms with Crippen molar-refractivity contribution in [2.45, 2.75) is 123 Å². The topological polar surface area (TPSA) is 305 Å². The fraction of sp³-hybridized carbons (Fsp3) is 0.589. The summed E-state index contributed by atoms with van der Waals surface area (Å²) in [5, 5.41) is 21.2.